The predicted molar refractivity (Wildman–Crippen MR) is 81.3 cm³/mol. The molecular weight excluding hydrogens is 442 g/mol. The van der Waals surface area contributed by atoms with Crippen molar-refractivity contribution >= 4 is 80.6 Å². The van der Waals surface area contributed by atoms with Crippen LogP contribution in [0.25, 0.3) is 0 Å². The minimum absolute atomic E-state index is 0.412. The van der Waals surface area contributed by atoms with Crippen LogP contribution in [-0.4, -0.2) is 18.8 Å². The highest BCUT2D eigenvalue weighted by Crippen LogP contribution is 2.53. The number of hydrogen-bond donors (Lipinski definition) is 0. The minimum Gasteiger partial charge on any atom is -0.245 e. The molecule has 1 heterocycles. The number of nitrogens with zero attached hydrogens (tertiary/aromatic N) is 3. The molecule has 0 amide bonds. The van der Waals surface area contributed by atoms with Crippen molar-refractivity contribution in [2.45, 2.75) is 34.4 Å². The smallest absolute Gasteiger partial charge is 0.228 e. The molecule has 0 aromatic carbocycles. The average Bonchev–Trinajstić information content (AvgIpc) is 2.55. The first kappa shape index (κ1) is 16.4. The summed E-state index contributed by atoms with van der Waals surface area (Å²) >= 11 is 31.6. The number of halogens is 6. The van der Waals surface area contributed by atoms with Crippen molar-refractivity contribution in [3.05, 3.63) is 9.39 Å². The van der Waals surface area contributed by atoms with Crippen LogP contribution in [0.2, 0.25) is 0 Å². The first-order valence-corrected chi connectivity index (χ1v) is 7.72. The maximum Gasteiger partial charge on any atom is 0.228 e. The summed E-state index contributed by atoms with van der Waals surface area (Å²) < 4.78 is -1.45. The Bertz CT molecular complexity index is 387. The van der Waals surface area contributed by atoms with Gasteiger partial charge in [-0.05, 0) is 29.0 Å². The van der Waals surface area contributed by atoms with Crippen LogP contribution >= 0.6 is 80.6 Å². The normalized spacial score (nSPS) is 13.1. The molecule has 0 aliphatic carbocycles. The van der Waals surface area contributed by atoms with Gasteiger partial charge in [-0.15, -0.1) is 5.10 Å². The lowest BCUT2D eigenvalue weighted by Crippen LogP contribution is -2.32. The molecule has 3 nitrogen and oxygen atoms in total. The molecule has 0 fully saturated rings. The molecule has 0 spiro atoms. The van der Waals surface area contributed by atoms with Gasteiger partial charge in [0.15, 0.2) is 0 Å². The molecule has 98 valence electrons. The monoisotopic (exact) mass is 449 g/mol. The maximum absolute atomic E-state index is 6.13. The Labute approximate surface area is 138 Å². The van der Waals surface area contributed by atoms with Gasteiger partial charge in [-0.1, -0.05) is 76.6 Å². The van der Waals surface area contributed by atoms with Crippen LogP contribution in [0.4, 0.5) is 0 Å². The summed E-state index contributed by atoms with van der Waals surface area (Å²) in [7, 11) is 0. The van der Waals surface area contributed by atoms with Gasteiger partial charge < -0.3 is 0 Å². The Morgan fingerprint density at radius 3 is 2.29 bits per heavy atom. The Morgan fingerprint density at radius 2 is 1.82 bits per heavy atom. The molecule has 9 heteroatoms. The lowest BCUT2D eigenvalue weighted by Gasteiger charge is -2.27. The van der Waals surface area contributed by atoms with Crippen LogP contribution < -0.4 is 0 Å². The highest BCUT2D eigenvalue weighted by atomic mass is 127. The highest BCUT2D eigenvalue weighted by molar-refractivity contribution is 14.1. The quantitative estimate of drug-likeness (QED) is 0.492. The van der Waals surface area contributed by atoms with Gasteiger partial charge >= 0.3 is 0 Å². The first-order valence-electron chi connectivity index (χ1n) is 4.75. The van der Waals surface area contributed by atoms with Crippen LogP contribution in [0.1, 0.15) is 25.5 Å². The van der Waals surface area contributed by atoms with Crippen molar-refractivity contribution in [3.63, 3.8) is 0 Å². The summed E-state index contributed by atoms with van der Waals surface area (Å²) in [6.07, 6.45) is 1.91. The van der Waals surface area contributed by atoms with E-state index in [9.17, 15) is 0 Å². The molecule has 1 aromatic heterocycles. The lowest BCUT2D eigenvalue weighted by molar-refractivity contribution is 0.523. The molecule has 0 saturated carbocycles. The standard InChI is InChI=1S/C8H9Cl5IN3/c1-2-3-4-17-5(6(14)15-16-17)7(9,10)8(11,12)13/h2-4H2,1H3. The van der Waals surface area contributed by atoms with Gasteiger partial charge in [0.05, 0.1) is 0 Å². The van der Waals surface area contributed by atoms with Gasteiger partial charge in [0.25, 0.3) is 0 Å². The Balaban J connectivity index is 3.16. The third kappa shape index (κ3) is 3.66. The van der Waals surface area contributed by atoms with Gasteiger partial charge in [-0.3, -0.25) is 0 Å². The maximum atomic E-state index is 6.13. The molecule has 0 bridgehead atoms. The van der Waals surface area contributed by atoms with E-state index in [1.54, 1.807) is 4.68 Å². The van der Waals surface area contributed by atoms with Gasteiger partial charge in [-0.25, -0.2) is 4.68 Å². The van der Waals surface area contributed by atoms with Crippen molar-refractivity contribution in [2.24, 2.45) is 0 Å². The second kappa shape index (κ2) is 6.18. The Morgan fingerprint density at radius 1 is 1.24 bits per heavy atom. The fourth-order valence-corrected chi connectivity index (χ4v) is 2.92. The summed E-state index contributed by atoms with van der Waals surface area (Å²) in [5, 5.41) is 7.85. The molecule has 0 atom stereocenters. The van der Waals surface area contributed by atoms with Crippen molar-refractivity contribution in [3.8, 4) is 0 Å². The predicted octanol–water partition coefficient (Wildman–Crippen LogP) is 4.68. The molecule has 0 aliphatic heterocycles. The third-order valence-corrected chi connectivity index (χ3v) is 5.15. The van der Waals surface area contributed by atoms with Gasteiger partial charge in [0.2, 0.25) is 8.13 Å². The molecule has 1 rings (SSSR count). The van der Waals surface area contributed by atoms with E-state index < -0.39 is 8.13 Å². The number of alkyl halides is 5. The van der Waals surface area contributed by atoms with E-state index in [2.05, 4.69) is 17.2 Å². The molecule has 0 unspecified atom stereocenters. The van der Waals surface area contributed by atoms with E-state index in [0.717, 1.165) is 12.8 Å². The molecule has 0 aliphatic rings. The number of hydrogen-bond acceptors (Lipinski definition) is 2. The zero-order valence-corrected chi connectivity index (χ0v) is 14.7. The minimum atomic E-state index is -1.86. The van der Waals surface area contributed by atoms with Gasteiger partial charge in [0.1, 0.15) is 9.39 Å². The van der Waals surface area contributed by atoms with Crippen molar-refractivity contribution in [1.29, 1.82) is 0 Å². The number of unbranched alkanes of at least 4 members (excludes halogenated alkanes) is 1. The molecule has 0 radical (unpaired) electrons. The highest BCUT2D eigenvalue weighted by Gasteiger charge is 2.51. The number of aromatic nitrogens is 3. The van der Waals surface area contributed by atoms with Crippen molar-refractivity contribution < 1.29 is 0 Å². The molecule has 1 aromatic rings. The van der Waals surface area contributed by atoms with Gasteiger partial charge in [0, 0.05) is 6.54 Å². The van der Waals surface area contributed by atoms with E-state index in [1.807, 2.05) is 22.6 Å². The average molecular weight is 451 g/mol. The van der Waals surface area contributed by atoms with Crippen molar-refractivity contribution in [2.75, 3.05) is 0 Å². The van der Waals surface area contributed by atoms with E-state index >= 15 is 0 Å². The van der Waals surface area contributed by atoms with E-state index in [4.69, 9.17) is 58.0 Å². The largest absolute Gasteiger partial charge is 0.245 e. The molecular formula is C8H9Cl5IN3. The van der Waals surface area contributed by atoms with E-state index in [-0.39, 0.29) is 0 Å². The first-order chi connectivity index (χ1) is 7.71. The Hall–Kier alpha value is 1.32. The topological polar surface area (TPSA) is 30.7 Å². The van der Waals surface area contributed by atoms with Crippen LogP contribution in [0.3, 0.4) is 0 Å². The van der Waals surface area contributed by atoms with Crippen LogP contribution in [0.5, 0.6) is 0 Å². The second-order valence-corrected chi connectivity index (χ2v) is 8.01. The fraction of sp³-hybridized carbons (Fsp3) is 0.750. The van der Waals surface area contributed by atoms with Crippen LogP contribution in [0.15, 0.2) is 0 Å². The fourth-order valence-electron chi connectivity index (χ4n) is 1.18. The SMILES string of the molecule is CCCCn1nnc(I)c1C(Cl)(Cl)C(Cl)(Cl)Cl. The van der Waals surface area contributed by atoms with Crippen LogP contribution in [-0.2, 0) is 10.9 Å². The Kier molecular flexibility index (Phi) is 5.95. The number of rotatable bonds is 4. The number of aryl methyl sites for hydroxylation is 1. The van der Waals surface area contributed by atoms with E-state index in [1.165, 1.54) is 0 Å². The molecule has 0 saturated heterocycles. The summed E-state index contributed by atoms with van der Waals surface area (Å²) in [4.78, 5) is 0. The lowest BCUT2D eigenvalue weighted by atomic mass is 10.3. The zero-order chi connectivity index (χ0) is 13.3. The zero-order valence-electron chi connectivity index (χ0n) is 8.73. The summed E-state index contributed by atoms with van der Waals surface area (Å²) in [5.41, 5.74) is 0.412. The van der Waals surface area contributed by atoms with Gasteiger partial charge in [-0.2, -0.15) is 0 Å². The summed E-state index contributed by atoms with van der Waals surface area (Å²) in [6.45, 7) is 2.69. The van der Waals surface area contributed by atoms with Crippen molar-refractivity contribution in [1.82, 2.24) is 15.0 Å². The summed E-state index contributed by atoms with van der Waals surface area (Å²) in [5.74, 6) is 0. The summed E-state index contributed by atoms with van der Waals surface area (Å²) in [6, 6.07) is 0. The van der Waals surface area contributed by atoms with Crippen LogP contribution in [0, 0.1) is 3.70 Å². The molecule has 17 heavy (non-hydrogen) atoms. The third-order valence-electron chi connectivity index (χ3n) is 2.07. The van der Waals surface area contributed by atoms with E-state index in [0.29, 0.717) is 15.9 Å². The molecule has 0 N–H and O–H groups in total. The second-order valence-electron chi connectivity index (χ2n) is 3.38.